The zero-order valence-electron chi connectivity index (χ0n) is 15.7. The maximum Gasteiger partial charge on any atom is 0.251 e. The van der Waals surface area contributed by atoms with Crippen molar-refractivity contribution in [2.24, 2.45) is 11.7 Å². The summed E-state index contributed by atoms with van der Waals surface area (Å²) in [6.45, 7) is 3.39. The van der Waals surface area contributed by atoms with Gasteiger partial charge in [0, 0.05) is 29.6 Å². The normalized spacial score (nSPS) is 18.9. The van der Waals surface area contributed by atoms with E-state index in [1.54, 1.807) is 30.6 Å². The fourth-order valence-electron chi connectivity index (χ4n) is 3.44. The van der Waals surface area contributed by atoms with Gasteiger partial charge in [0.1, 0.15) is 6.61 Å². The first kappa shape index (κ1) is 19.2. The minimum atomic E-state index is -0.0971. The molecule has 6 heteroatoms. The lowest BCUT2D eigenvalue weighted by Crippen LogP contribution is -2.39. The topological polar surface area (TPSA) is 86.5 Å². The van der Waals surface area contributed by atoms with Crippen LogP contribution in [0.5, 0.6) is 11.5 Å². The number of hydrogen-bond donors (Lipinski definition) is 2. The van der Waals surface area contributed by atoms with Crippen molar-refractivity contribution in [3.8, 4) is 11.5 Å². The Bertz CT molecular complexity index is 752. The fourth-order valence-corrected chi connectivity index (χ4v) is 3.44. The van der Waals surface area contributed by atoms with Crippen LogP contribution in [0.1, 0.15) is 42.1 Å². The van der Waals surface area contributed by atoms with E-state index >= 15 is 0 Å². The van der Waals surface area contributed by atoms with Crippen LogP contribution in [-0.4, -0.2) is 30.1 Å². The molecule has 144 valence electrons. The third-order valence-corrected chi connectivity index (χ3v) is 4.90. The number of hydrogen-bond acceptors (Lipinski definition) is 5. The Kier molecular flexibility index (Phi) is 6.65. The van der Waals surface area contributed by atoms with Gasteiger partial charge >= 0.3 is 0 Å². The molecule has 0 radical (unpaired) electrons. The molecule has 1 amide bonds. The van der Waals surface area contributed by atoms with E-state index < -0.39 is 0 Å². The summed E-state index contributed by atoms with van der Waals surface area (Å²) in [6, 6.07) is 9.26. The second kappa shape index (κ2) is 9.37. The highest BCUT2D eigenvalue weighted by Gasteiger charge is 2.27. The van der Waals surface area contributed by atoms with Crippen molar-refractivity contribution >= 4 is 5.91 Å². The summed E-state index contributed by atoms with van der Waals surface area (Å²) >= 11 is 0. The number of rotatable bonds is 8. The van der Waals surface area contributed by atoms with Gasteiger partial charge in [0.15, 0.2) is 11.5 Å². The first-order valence-corrected chi connectivity index (χ1v) is 9.50. The van der Waals surface area contributed by atoms with Gasteiger partial charge in [-0.3, -0.25) is 9.78 Å². The quantitative estimate of drug-likeness (QED) is 0.747. The molecule has 6 nitrogen and oxygen atoms in total. The van der Waals surface area contributed by atoms with E-state index in [1.807, 2.05) is 19.1 Å². The molecule has 2 unspecified atom stereocenters. The van der Waals surface area contributed by atoms with Crippen molar-refractivity contribution in [3.63, 3.8) is 0 Å². The standard InChI is InChI=1S/C21H27N3O3/c1-2-26-20-11-16(21(25)24-18-7-3-6-17(18)12-22)8-9-19(20)27-14-15-5-4-10-23-13-15/h4-5,8-11,13,17-18H,2-3,6-7,12,14,22H2,1H3,(H,24,25). The zero-order chi connectivity index (χ0) is 19.1. The summed E-state index contributed by atoms with van der Waals surface area (Å²) in [7, 11) is 0. The van der Waals surface area contributed by atoms with Crippen LogP contribution < -0.4 is 20.5 Å². The molecule has 1 heterocycles. The number of carbonyl (C=O) groups excluding carboxylic acids is 1. The summed E-state index contributed by atoms with van der Waals surface area (Å²) in [6.07, 6.45) is 6.66. The molecule has 0 bridgehead atoms. The first-order chi connectivity index (χ1) is 13.2. The van der Waals surface area contributed by atoms with Crippen molar-refractivity contribution < 1.29 is 14.3 Å². The molecule has 3 N–H and O–H groups in total. The van der Waals surface area contributed by atoms with Gasteiger partial charge in [-0.15, -0.1) is 0 Å². The van der Waals surface area contributed by atoms with E-state index in [0.29, 0.717) is 42.7 Å². The third-order valence-electron chi connectivity index (χ3n) is 4.90. The molecule has 0 spiro atoms. The number of nitrogens with zero attached hydrogens (tertiary/aromatic N) is 1. The highest BCUT2D eigenvalue weighted by molar-refractivity contribution is 5.95. The molecule has 27 heavy (non-hydrogen) atoms. The first-order valence-electron chi connectivity index (χ1n) is 9.50. The molecule has 1 aliphatic rings. The average Bonchev–Trinajstić information content (AvgIpc) is 3.15. The molecular formula is C21H27N3O3. The Hall–Kier alpha value is -2.60. The van der Waals surface area contributed by atoms with E-state index in [9.17, 15) is 4.79 Å². The SMILES string of the molecule is CCOc1cc(C(=O)NC2CCCC2CN)ccc1OCc1cccnc1. The fraction of sp³-hybridized carbons (Fsp3) is 0.429. The average molecular weight is 369 g/mol. The number of nitrogens with two attached hydrogens (primary N) is 1. The molecule has 0 saturated heterocycles. The highest BCUT2D eigenvalue weighted by atomic mass is 16.5. The monoisotopic (exact) mass is 369 g/mol. The molecule has 0 aliphatic heterocycles. The molecule has 2 aromatic rings. The predicted octanol–water partition coefficient (Wildman–Crippen LogP) is 2.92. The van der Waals surface area contributed by atoms with Crippen LogP contribution in [0.25, 0.3) is 0 Å². The number of aromatic nitrogens is 1. The number of nitrogens with one attached hydrogen (secondary N) is 1. The summed E-state index contributed by atoms with van der Waals surface area (Å²) < 4.78 is 11.6. The summed E-state index contributed by atoms with van der Waals surface area (Å²) in [5.41, 5.74) is 7.34. The van der Waals surface area contributed by atoms with Crippen LogP contribution in [-0.2, 0) is 6.61 Å². The molecule has 1 aromatic heterocycles. The van der Waals surface area contributed by atoms with E-state index in [1.165, 1.54) is 0 Å². The van der Waals surface area contributed by atoms with E-state index in [-0.39, 0.29) is 11.9 Å². The highest BCUT2D eigenvalue weighted by Crippen LogP contribution is 2.30. The Balaban J connectivity index is 1.69. The van der Waals surface area contributed by atoms with Crippen molar-refractivity contribution in [2.45, 2.75) is 38.8 Å². The smallest absolute Gasteiger partial charge is 0.251 e. The number of benzene rings is 1. The number of ether oxygens (including phenoxy) is 2. The molecule has 1 aromatic carbocycles. The summed E-state index contributed by atoms with van der Waals surface area (Å²) in [5, 5.41) is 3.12. The van der Waals surface area contributed by atoms with E-state index in [4.69, 9.17) is 15.2 Å². The summed E-state index contributed by atoms with van der Waals surface area (Å²) in [5.74, 6) is 1.44. The number of carbonyl (C=O) groups is 1. The lowest BCUT2D eigenvalue weighted by Gasteiger charge is -2.20. The minimum Gasteiger partial charge on any atom is -0.490 e. The molecule has 1 fully saturated rings. The largest absolute Gasteiger partial charge is 0.490 e. The van der Waals surface area contributed by atoms with E-state index in [2.05, 4.69) is 10.3 Å². The van der Waals surface area contributed by atoms with Crippen LogP contribution in [0.15, 0.2) is 42.7 Å². The van der Waals surface area contributed by atoms with Gasteiger partial charge in [0.2, 0.25) is 0 Å². The lowest BCUT2D eigenvalue weighted by atomic mass is 10.0. The Labute approximate surface area is 160 Å². The molecular weight excluding hydrogens is 342 g/mol. The molecule has 1 saturated carbocycles. The van der Waals surface area contributed by atoms with Gasteiger partial charge in [-0.05, 0) is 56.5 Å². The predicted molar refractivity (Wildman–Crippen MR) is 104 cm³/mol. The second-order valence-electron chi connectivity index (χ2n) is 6.75. The van der Waals surface area contributed by atoms with Gasteiger partial charge in [-0.25, -0.2) is 0 Å². The maximum atomic E-state index is 12.7. The lowest BCUT2D eigenvalue weighted by molar-refractivity contribution is 0.0928. The van der Waals surface area contributed by atoms with Crippen molar-refractivity contribution in [1.82, 2.24) is 10.3 Å². The third kappa shape index (κ3) is 4.98. The van der Waals surface area contributed by atoms with Crippen LogP contribution >= 0.6 is 0 Å². The van der Waals surface area contributed by atoms with Crippen molar-refractivity contribution in [1.29, 1.82) is 0 Å². The Morgan fingerprint density at radius 1 is 1.26 bits per heavy atom. The van der Waals surface area contributed by atoms with Gasteiger partial charge in [-0.1, -0.05) is 12.5 Å². The van der Waals surface area contributed by atoms with Gasteiger partial charge in [0.25, 0.3) is 5.91 Å². The molecule has 1 aliphatic carbocycles. The summed E-state index contributed by atoms with van der Waals surface area (Å²) in [4.78, 5) is 16.7. The number of amides is 1. The molecule has 2 atom stereocenters. The second-order valence-corrected chi connectivity index (χ2v) is 6.75. The zero-order valence-corrected chi connectivity index (χ0v) is 15.7. The maximum absolute atomic E-state index is 12.7. The van der Waals surface area contributed by atoms with Gasteiger partial charge in [0.05, 0.1) is 6.61 Å². The van der Waals surface area contributed by atoms with Crippen LogP contribution in [0.4, 0.5) is 0 Å². The van der Waals surface area contributed by atoms with Crippen LogP contribution in [0.3, 0.4) is 0 Å². The number of pyridine rings is 1. The van der Waals surface area contributed by atoms with Gasteiger partial charge in [-0.2, -0.15) is 0 Å². The van der Waals surface area contributed by atoms with Crippen LogP contribution in [0.2, 0.25) is 0 Å². The van der Waals surface area contributed by atoms with E-state index in [0.717, 1.165) is 24.8 Å². The van der Waals surface area contributed by atoms with Gasteiger partial charge < -0.3 is 20.5 Å². The van der Waals surface area contributed by atoms with Crippen molar-refractivity contribution in [2.75, 3.05) is 13.2 Å². The molecule has 3 rings (SSSR count). The Morgan fingerprint density at radius 3 is 2.89 bits per heavy atom. The van der Waals surface area contributed by atoms with Crippen molar-refractivity contribution in [3.05, 3.63) is 53.9 Å². The van der Waals surface area contributed by atoms with Crippen LogP contribution in [0, 0.1) is 5.92 Å². The minimum absolute atomic E-state index is 0.0971. The Morgan fingerprint density at radius 2 is 2.15 bits per heavy atom.